The summed E-state index contributed by atoms with van der Waals surface area (Å²) < 4.78 is 19.0. The van der Waals surface area contributed by atoms with Crippen molar-refractivity contribution >= 4 is 23.2 Å². The lowest BCUT2D eigenvalue weighted by molar-refractivity contribution is 0.410. The van der Waals surface area contributed by atoms with Crippen molar-refractivity contribution < 1.29 is 9.13 Å². The predicted molar refractivity (Wildman–Crippen MR) is 81.6 cm³/mol. The molecule has 2 aromatic carbocycles. The lowest BCUT2D eigenvalue weighted by Crippen LogP contribution is -2.00. The molecule has 0 fully saturated rings. The highest BCUT2D eigenvalue weighted by atomic mass is 35.5. The molecular formula is C16H15Cl2FO. The van der Waals surface area contributed by atoms with Crippen LogP contribution >= 0.6 is 23.2 Å². The van der Waals surface area contributed by atoms with Gasteiger partial charge in [-0.05, 0) is 48.7 Å². The highest BCUT2D eigenvalue weighted by Gasteiger charge is 2.18. The van der Waals surface area contributed by atoms with Gasteiger partial charge in [0.25, 0.3) is 0 Å². The summed E-state index contributed by atoms with van der Waals surface area (Å²) in [6, 6.07) is 8.79. The van der Waals surface area contributed by atoms with Gasteiger partial charge < -0.3 is 4.74 Å². The van der Waals surface area contributed by atoms with Gasteiger partial charge in [0.15, 0.2) is 0 Å². The Hall–Kier alpha value is -1.25. The first-order valence-corrected chi connectivity index (χ1v) is 6.99. The molecule has 106 valence electrons. The Morgan fingerprint density at radius 3 is 2.25 bits per heavy atom. The zero-order valence-corrected chi connectivity index (χ0v) is 13.0. The molecule has 0 aromatic heterocycles. The number of alkyl halides is 1. The number of hydrogen-bond donors (Lipinski definition) is 0. The molecule has 0 aliphatic carbocycles. The van der Waals surface area contributed by atoms with Crippen LogP contribution in [0.15, 0.2) is 30.3 Å². The number of halogens is 3. The van der Waals surface area contributed by atoms with Crippen molar-refractivity contribution in [3.63, 3.8) is 0 Å². The second-order valence-corrected chi connectivity index (χ2v) is 5.59. The van der Waals surface area contributed by atoms with Crippen LogP contribution in [0.3, 0.4) is 0 Å². The zero-order chi connectivity index (χ0) is 14.9. The van der Waals surface area contributed by atoms with Crippen molar-refractivity contribution in [3.05, 3.63) is 63.4 Å². The first kappa shape index (κ1) is 15.1. The summed E-state index contributed by atoms with van der Waals surface area (Å²) in [5, 5.41) is 0.142. The van der Waals surface area contributed by atoms with Crippen LogP contribution in [0.4, 0.5) is 4.39 Å². The Morgan fingerprint density at radius 2 is 1.70 bits per heavy atom. The maximum Gasteiger partial charge on any atom is 0.129 e. The van der Waals surface area contributed by atoms with Gasteiger partial charge in [-0.1, -0.05) is 23.7 Å². The maximum absolute atomic E-state index is 13.7. The number of ether oxygens (including phenoxy) is 1. The van der Waals surface area contributed by atoms with Gasteiger partial charge in [0.1, 0.15) is 11.6 Å². The summed E-state index contributed by atoms with van der Waals surface area (Å²) >= 11 is 12.5. The fourth-order valence-corrected chi connectivity index (χ4v) is 2.69. The molecule has 20 heavy (non-hydrogen) atoms. The summed E-state index contributed by atoms with van der Waals surface area (Å²) in [5.74, 6) is 0.463. The van der Waals surface area contributed by atoms with Crippen molar-refractivity contribution in [1.82, 2.24) is 0 Å². The molecule has 1 unspecified atom stereocenters. The van der Waals surface area contributed by atoms with Gasteiger partial charge in [0.2, 0.25) is 0 Å². The van der Waals surface area contributed by atoms with E-state index in [1.54, 1.807) is 51.3 Å². The normalized spacial score (nSPS) is 12.3. The fraction of sp³-hybridized carbons (Fsp3) is 0.250. The van der Waals surface area contributed by atoms with Gasteiger partial charge in [-0.15, -0.1) is 11.6 Å². The Balaban J connectivity index is 2.51. The quantitative estimate of drug-likeness (QED) is 0.686. The third-order valence-corrected chi connectivity index (χ3v) is 3.94. The molecule has 0 bridgehead atoms. The number of hydrogen-bond acceptors (Lipinski definition) is 1. The predicted octanol–water partition coefficient (Wildman–Crippen LogP) is 5.43. The molecule has 0 N–H and O–H groups in total. The molecule has 0 spiro atoms. The third kappa shape index (κ3) is 2.92. The van der Waals surface area contributed by atoms with Crippen molar-refractivity contribution in [3.8, 4) is 5.75 Å². The number of benzene rings is 2. The highest BCUT2D eigenvalue weighted by molar-refractivity contribution is 6.31. The Labute approximate surface area is 128 Å². The first-order valence-electron chi connectivity index (χ1n) is 6.18. The number of methoxy groups -OCH3 is 1. The molecule has 2 aromatic rings. The van der Waals surface area contributed by atoms with Crippen LogP contribution in [-0.4, -0.2) is 7.11 Å². The van der Waals surface area contributed by atoms with Crippen molar-refractivity contribution in [1.29, 1.82) is 0 Å². The monoisotopic (exact) mass is 312 g/mol. The molecule has 0 saturated heterocycles. The second-order valence-electron chi connectivity index (χ2n) is 4.72. The molecule has 0 saturated carbocycles. The Morgan fingerprint density at radius 1 is 1.10 bits per heavy atom. The highest BCUT2D eigenvalue weighted by Crippen LogP contribution is 2.37. The van der Waals surface area contributed by atoms with Gasteiger partial charge in [-0.3, -0.25) is 0 Å². The van der Waals surface area contributed by atoms with E-state index in [1.807, 2.05) is 0 Å². The second kappa shape index (κ2) is 6.02. The van der Waals surface area contributed by atoms with Crippen LogP contribution in [0.5, 0.6) is 5.75 Å². The lowest BCUT2D eigenvalue weighted by Gasteiger charge is -2.16. The van der Waals surface area contributed by atoms with Crippen LogP contribution < -0.4 is 4.74 Å². The van der Waals surface area contributed by atoms with E-state index in [9.17, 15) is 4.39 Å². The van der Waals surface area contributed by atoms with E-state index < -0.39 is 5.38 Å². The van der Waals surface area contributed by atoms with E-state index >= 15 is 0 Å². The lowest BCUT2D eigenvalue weighted by atomic mass is 9.99. The van der Waals surface area contributed by atoms with Crippen LogP contribution in [-0.2, 0) is 0 Å². The molecule has 0 amide bonds. The minimum atomic E-state index is -0.443. The number of aryl methyl sites for hydroxylation is 2. The molecule has 1 atom stereocenters. The molecule has 1 nitrogen and oxygen atoms in total. The summed E-state index contributed by atoms with van der Waals surface area (Å²) in [7, 11) is 1.58. The Kier molecular flexibility index (Phi) is 4.56. The van der Waals surface area contributed by atoms with E-state index in [2.05, 4.69) is 0 Å². The molecule has 2 rings (SSSR count). The summed E-state index contributed by atoms with van der Waals surface area (Å²) in [6.45, 7) is 3.45. The van der Waals surface area contributed by atoms with Gasteiger partial charge in [0, 0.05) is 10.6 Å². The maximum atomic E-state index is 13.7. The zero-order valence-electron chi connectivity index (χ0n) is 11.5. The van der Waals surface area contributed by atoms with Crippen LogP contribution in [0.25, 0.3) is 0 Å². The van der Waals surface area contributed by atoms with Crippen molar-refractivity contribution in [2.24, 2.45) is 0 Å². The summed E-state index contributed by atoms with van der Waals surface area (Å²) in [6.07, 6.45) is 0. The average Bonchev–Trinajstić information content (AvgIpc) is 2.43. The smallest absolute Gasteiger partial charge is 0.129 e. The molecule has 0 aliphatic rings. The topological polar surface area (TPSA) is 9.23 Å². The molecular weight excluding hydrogens is 298 g/mol. The average molecular weight is 313 g/mol. The first-order chi connectivity index (χ1) is 9.43. The van der Waals surface area contributed by atoms with E-state index in [0.29, 0.717) is 21.9 Å². The largest absolute Gasteiger partial charge is 0.496 e. The fourth-order valence-electron chi connectivity index (χ4n) is 2.21. The van der Waals surface area contributed by atoms with Crippen LogP contribution in [0.2, 0.25) is 5.02 Å². The molecule has 0 aliphatic heterocycles. The van der Waals surface area contributed by atoms with Crippen molar-refractivity contribution in [2.45, 2.75) is 19.2 Å². The molecule has 4 heteroatoms. The van der Waals surface area contributed by atoms with E-state index in [0.717, 1.165) is 11.1 Å². The minimum absolute atomic E-state index is 0.198. The van der Waals surface area contributed by atoms with E-state index in [1.165, 1.54) is 0 Å². The summed E-state index contributed by atoms with van der Waals surface area (Å²) in [4.78, 5) is 0. The van der Waals surface area contributed by atoms with Crippen molar-refractivity contribution in [2.75, 3.05) is 7.11 Å². The SMILES string of the molecule is COc1ccc(Cl)cc1C(Cl)c1cc(C)c(F)c(C)c1. The van der Waals surface area contributed by atoms with Crippen LogP contribution in [0.1, 0.15) is 27.6 Å². The summed E-state index contributed by atoms with van der Waals surface area (Å²) in [5.41, 5.74) is 2.74. The van der Waals surface area contributed by atoms with Gasteiger partial charge in [-0.2, -0.15) is 0 Å². The van der Waals surface area contributed by atoms with Gasteiger partial charge >= 0.3 is 0 Å². The van der Waals surface area contributed by atoms with Gasteiger partial charge in [-0.25, -0.2) is 4.39 Å². The number of rotatable bonds is 3. The van der Waals surface area contributed by atoms with E-state index in [-0.39, 0.29) is 5.82 Å². The van der Waals surface area contributed by atoms with E-state index in [4.69, 9.17) is 27.9 Å². The third-order valence-electron chi connectivity index (χ3n) is 3.22. The Bertz CT molecular complexity index is 617. The van der Waals surface area contributed by atoms with Crippen LogP contribution in [0, 0.1) is 19.7 Å². The minimum Gasteiger partial charge on any atom is -0.496 e. The molecule has 0 heterocycles. The molecule has 0 radical (unpaired) electrons. The standard InChI is InChI=1S/C16H15Cl2FO/c1-9-6-11(7-10(2)16(9)19)15(18)13-8-12(17)4-5-14(13)20-3/h4-8,15H,1-3H3. The van der Waals surface area contributed by atoms with Gasteiger partial charge in [0.05, 0.1) is 12.5 Å².